The number of nitrogens with one attached hydrogen (secondary N) is 2. The van der Waals surface area contributed by atoms with Crippen molar-refractivity contribution < 1.29 is 23.9 Å². The van der Waals surface area contributed by atoms with Gasteiger partial charge in [0.15, 0.2) is 5.11 Å². The molecule has 0 aliphatic heterocycles. The molecule has 0 fully saturated rings. The Hall–Kier alpha value is -2.33. The van der Waals surface area contributed by atoms with Crippen molar-refractivity contribution in [3.05, 3.63) is 30.3 Å². The second kappa shape index (κ2) is 10.5. The molecule has 0 saturated heterocycles. The van der Waals surface area contributed by atoms with Gasteiger partial charge in [-0.25, -0.2) is 4.79 Å². The SMILES string of the molecule is COC(=O)CC(C(=O)NC(=S)NC(=O)OC)N(SC)c1ccccc1. The largest absolute Gasteiger partial charge is 0.469 e. The first-order valence-corrected chi connectivity index (χ1v) is 8.66. The monoisotopic (exact) mass is 385 g/mol. The Bertz CT molecular complexity index is 627. The van der Waals surface area contributed by atoms with Gasteiger partial charge in [-0.15, -0.1) is 0 Å². The number of hydrogen-bond donors (Lipinski definition) is 2. The van der Waals surface area contributed by atoms with Crippen molar-refractivity contribution in [2.75, 3.05) is 24.8 Å². The molecule has 1 rings (SSSR count). The first-order chi connectivity index (χ1) is 11.9. The van der Waals surface area contributed by atoms with Gasteiger partial charge in [0, 0.05) is 11.9 Å². The van der Waals surface area contributed by atoms with E-state index in [1.54, 1.807) is 22.7 Å². The van der Waals surface area contributed by atoms with Gasteiger partial charge < -0.3 is 19.1 Å². The van der Waals surface area contributed by atoms with Gasteiger partial charge in [-0.1, -0.05) is 30.1 Å². The lowest BCUT2D eigenvalue weighted by Gasteiger charge is -2.29. The molecule has 0 heterocycles. The highest BCUT2D eigenvalue weighted by molar-refractivity contribution is 8.00. The van der Waals surface area contributed by atoms with Crippen molar-refractivity contribution in [3.63, 3.8) is 0 Å². The van der Waals surface area contributed by atoms with Crippen LogP contribution in [0.5, 0.6) is 0 Å². The Morgan fingerprint density at radius 2 is 1.80 bits per heavy atom. The van der Waals surface area contributed by atoms with Crippen LogP contribution in [0.1, 0.15) is 6.42 Å². The predicted octanol–water partition coefficient (Wildman–Crippen LogP) is 1.46. The number of hydrogen-bond acceptors (Lipinski definition) is 8. The number of thiocarbonyl (C=S) groups is 1. The van der Waals surface area contributed by atoms with Crippen LogP contribution in [-0.2, 0) is 19.1 Å². The van der Waals surface area contributed by atoms with E-state index in [-0.39, 0.29) is 11.5 Å². The number of amides is 2. The van der Waals surface area contributed by atoms with Crippen LogP contribution in [0.2, 0.25) is 0 Å². The molecule has 2 amide bonds. The summed E-state index contributed by atoms with van der Waals surface area (Å²) in [7, 11) is 2.41. The van der Waals surface area contributed by atoms with E-state index in [9.17, 15) is 14.4 Å². The molecule has 1 unspecified atom stereocenters. The van der Waals surface area contributed by atoms with Gasteiger partial charge in [0.25, 0.3) is 0 Å². The van der Waals surface area contributed by atoms with Crippen molar-refractivity contribution in [3.8, 4) is 0 Å². The van der Waals surface area contributed by atoms with Gasteiger partial charge in [0.05, 0.1) is 20.6 Å². The van der Waals surface area contributed by atoms with E-state index >= 15 is 0 Å². The Morgan fingerprint density at radius 1 is 1.16 bits per heavy atom. The number of methoxy groups -OCH3 is 2. The smallest absolute Gasteiger partial charge is 0.413 e. The second-order valence-corrected chi connectivity index (χ2v) is 5.74. The van der Waals surface area contributed by atoms with Crippen molar-refractivity contribution in [1.29, 1.82) is 0 Å². The fourth-order valence-corrected chi connectivity index (χ4v) is 2.82. The average Bonchev–Trinajstić information content (AvgIpc) is 2.61. The summed E-state index contributed by atoms with van der Waals surface area (Å²) in [4.78, 5) is 35.5. The zero-order valence-corrected chi connectivity index (χ0v) is 15.6. The Balaban J connectivity index is 2.98. The van der Waals surface area contributed by atoms with E-state index in [0.29, 0.717) is 0 Å². The van der Waals surface area contributed by atoms with E-state index < -0.39 is 24.0 Å². The first kappa shape index (κ1) is 20.7. The molecule has 25 heavy (non-hydrogen) atoms. The van der Waals surface area contributed by atoms with Crippen molar-refractivity contribution >= 4 is 52.9 Å². The van der Waals surface area contributed by atoms with Crippen LogP contribution in [0.15, 0.2) is 30.3 Å². The number of para-hydroxylation sites is 1. The van der Waals surface area contributed by atoms with Crippen LogP contribution in [-0.4, -0.2) is 49.6 Å². The summed E-state index contributed by atoms with van der Waals surface area (Å²) in [6, 6.07) is 8.18. The fraction of sp³-hybridized carbons (Fsp3) is 0.333. The minimum Gasteiger partial charge on any atom is -0.469 e. The molecule has 0 aliphatic carbocycles. The zero-order chi connectivity index (χ0) is 18.8. The van der Waals surface area contributed by atoms with Crippen LogP contribution in [0.4, 0.5) is 10.5 Å². The third-order valence-electron chi connectivity index (χ3n) is 3.02. The number of carbonyl (C=O) groups excluding carboxylic acids is 3. The molecule has 0 spiro atoms. The fourth-order valence-electron chi connectivity index (χ4n) is 1.88. The van der Waals surface area contributed by atoms with E-state index in [1.165, 1.54) is 26.2 Å². The number of rotatable bonds is 6. The van der Waals surface area contributed by atoms with Crippen molar-refractivity contribution in [1.82, 2.24) is 10.6 Å². The quantitative estimate of drug-likeness (QED) is 0.432. The lowest BCUT2D eigenvalue weighted by Crippen LogP contribution is -2.51. The predicted molar refractivity (Wildman–Crippen MR) is 99.1 cm³/mol. The molecule has 8 nitrogen and oxygen atoms in total. The molecule has 0 aromatic heterocycles. The van der Waals surface area contributed by atoms with Gasteiger partial charge >= 0.3 is 12.1 Å². The van der Waals surface area contributed by atoms with Crippen molar-refractivity contribution in [2.45, 2.75) is 12.5 Å². The molecular formula is C15H19N3O5S2. The molecule has 2 N–H and O–H groups in total. The summed E-state index contributed by atoms with van der Waals surface area (Å²) in [6.07, 6.45) is 0.772. The summed E-state index contributed by atoms with van der Waals surface area (Å²) in [5.41, 5.74) is 0.728. The maximum absolute atomic E-state index is 12.6. The summed E-state index contributed by atoms with van der Waals surface area (Å²) in [5.74, 6) is -1.12. The normalized spacial score (nSPS) is 11.0. The average molecular weight is 385 g/mol. The van der Waals surface area contributed by atoms with Gasteiger partial charge in [-0.2, -0.15) is 0 Å². The van der Waals surface area contributed by atoms with Crippen molar-refractivity contribution in [2.24, 2.45) is 0 Å². The molecule has 1 aromatic carbocycles. The zero-order valence-electron chi connectivity index (χ0n) is 14.0. The number of esters is 1. The van der Waals surface area contributed by atoms with E-state index in [1.807, 2.05) is 18.2 Å². The number of benzene rings is 1. The summed E-state index contributed by atoms with van der Waals surface area (Å²) in [6.45, 7) is 0. The lowest BCUT2D eigenvalue weighted by atomic mass is 10.1. The molecule has 0 bridgehead atoms. The number of alkyl carbamates (subject to hydrolysis) is 1. The highest BCUT2D eigenvalue weighted by Crippen LogP contribution is 2.25. The van der Waals surface area contributed by atoms with E-state index in [2.05, 4.69) is 20.1 Å². The molecular weight excluding hydrogens is 366 g/mol. The van der Waals surface area contributed by atoms with E-state index in [4.69, 9.17) is 12.2 Å². The van der Waals surface area contributed by atoms with E-state index in [0.717, 1.165) is 5.69 Å². The third-order valence-corrected chi connectivity index (χ3v) is 4.08. The molecule has 0 aliphatic rings. The minimum atomic E-state index is -0.901. The molecule has 136 valence electrons. The Labute approximate surface area is 155 Å². The number of carbonyl (C=O) groups is 3. The summed E-state index contributed by atoms with van der Waals surface area (Å²) in [5, 5.41) is 4.33. The maximum atomic E-state index is 12.6. The maximum Gasteiger partial charge on any atom is 0.413 e. The molecule has 1 aromatic rings. The number of nitrogens with zero attached hydrogens (tertiary/aromatic N) is 1. The van der Waals surface area contributed by atoms with Crippen LogP contribution in [0, 0.1) is 0 Å². The van der Waals surface area contributed by atoms with Gasteiger partial charge in [0.1, 0.15) is 6.04 Å². The standard InChI is InChI=1S/C15H19N3O5S2/c1-22-12(19)9-11(13(20)16-14(24)17-15(21)23-2)18(25-3)10-7-5-4-6-8-10/h4-8,11H,9H2,1-3H3,(H2,16,17,20,21,24). The topological polar surface area (TPSA) is 97.0 Å². The highest BCUT2D eigenvalue weighted by atomic mass is 32.2. The number of anilines is 1. The van der Waals surface area contributed by atoms with Gasteiger partial charge in [-0.05, 0) is 24.4 Å². The minimum absolute atomic E-state index is 0.196. The molecule has 10 heteroatoms. The number of ether oxygens (including phenoxy) is 2. The summed E-state index contributed by atoms with van der Waals surface area (Å²) >= 11 is 6.15. The van der Waals surface area contributed by atoms with Gasteiger partial charge in [0.2, 0.25) is 5.91 Å². The van der Waals surface area contributed by atoms with Crippen LogP contribution in [0.3, 0.4) is 0 Å². The molecule has 1 atom stereocenters. The van der Waals surface area contributed by atoms with Gasteiger partial charge in [-0.3, -0.25) is 14.9 Å². The summed E-state index contributed by atoms with van der Waals surface area (Å²) < 4.78 is 10.7. The molecule has 0 radical (unpaired) electrons. The lowest BCUT2D eigenvalue weighted by molar-refractivity contribution is -0.142. The highest BCUT2D eigenvalue weighted by Gasteiger charge is 2.30. The Kier molecular flexibility index (Phi) is 8.71. The van der Waals surface area contributed by atoms with Crippen LogP contribution in [0.25, 0.3) is 0 Å². The second-order valence-electron chi connectivity index (χ2n) is 4.57. The first-order valence-electron chi connectivity index (χ1n) is 7.08. The molecule has 0 saturated carbocycles. The van der Waals surface area contributed by atoms with Crippen LogP contribution >= 0.6 is 24.2 Å². The Morgan fingerprint density at radius 3 is 2.32 bits per heavy atom. The van der Waals surface area contributed by atoms with Crippen LogP contribution < -0.4 is 14.9 Å². The third kappa shape index (κ3) is 6.59.